The molecule has 0 aliphatic heterocycles. The van der Waals surface area contributed by atoms with E-state index in [1.54, 1.807) is 0 Å². The van der Waals surface area contributed by atoms with Crippen molar-refractivity contribution >= 4 is 17.3 Å². The van der Waals surface area contributed by atoms with Gasteiger partial charge in [-0.2, -0.15) is 13.2 Å². The molecule has 27 heavy (non-hydrogen) atoms. The minimum atomic E-state index is -4.40. The number of thiazole rings is 1. The number of nitrogens with zero attached hydrogens (tertiary/aromatic N) is 3. The molecule has 0 spiro atoms. The Balaban J connectivity index is 1.84. The van der Waals surface area contributed by atoms with Gasteiger partial charge in [-0.05, 0) is 19.1 Å². The molecule has 0 atom stereocenters. The highest BCUT2D eigenvalue weighted by molar-refractivity contribution is 7.09. The van der Waals surface area contributed by atoms with Gasteiger partial charge in [0.05, 0.1) is 11.6 Å². The molecule has 0 radical (unpaired) electrons. The molecule has 2 aromatic rings. The van der Waals surface area contributed by atoms with Crippen molar-refractivity contribution in [1.82, 2.24) is 15.2 Å². The van der Waals surface area contributed by atoms with E-state index in [0.717, 1.165) is 22.5 Å². The zero-order valence-corrected chi connectivity index (χ0v) is 16.1. The number of hydrogen-bond donors (Lipinski definition) is 1. The first-order valence-electron chi connectivity index (χ1n) is 8.59. The molecule has 0 saturated heterocycles. The van der Waals surface area contributed by atoms with Crippen molar-refractivity contribution < 1.29 is 17.9 Å². The zero-order valence-electron chi connectivity index (χ0n) is 15.3. The lowest BCUT2D eigenvalue weighted by atomic mass is 10.3. The summed E-state index contributed by atoms with van der Waals surface area (Å²) in [5.74, 6) is 1.49. The van der Waals surface area contributed by atoms with E-state index in [9.17, 15) is 13.2 Å². The summed E-state index contributed by atoms with van der Waals surface area (Å²) >= 11 is 1.01. The van der Waals surface area contributed by atoms with E-state index in [-0.39, 0.29) is 0 Å². The molecule has 0 aliphatic rings. The lowest BCUT2D eigenvalue weighted by Gasteiger charge is -2.22. The molecule has 0 saturated carbocycles. The summed E-state index contributed by atoms with van der Waals surface area (Å²) in [6.07, 6.45) is -4.03. The van der Waals surface area contributed by atoms with Crippen LogP contribution >= 0.6 is 11.3 Å². The average Bonchev–Trinajstić information content (AvgIpc) is 3.11. The van der Waals surface area contributed by atoms with Crippen LogP contribution in [-0.4, -0.2) is 49.1 Å². The molecule has 9 heteroatoms. The second-order valence-electron chi connectivity index (χ2n) is 5.69. The van der Waals surface area contributed by atoms with Crippen LogP contribution in [0.4, 0.5) is 13.2 Å². The SMILES string of the molecule is CCNC(=NCCc1nc(C(F)(F)F)cs1)N(C)CCOc1ccccc1. The summed E-state index contributed by atoms with van der Waals surface area (Å²) in [6, 6.07) is 9.53. The lowest BCUT2D eigenvalue weighted by Crippen LogP contribution is -2.41. The van der Waals surface area contributed by atoms with Gasteiger partial charge in [0.1, 0.15) is 12.4 Å². The number of benzene rings is 1. The van der Waals surface area contributed by atoms with Gasteiger partial charge in [0.25, 0.3) is 0 Å². The van der Waals surface area contributed by atoms with E-state index < -0.39 is 11.9 Å². The van der Waals surface area contributed by atoms with Crippen LogP contribution in [0.3, 0.4) is 0 Å². The zero-order chi connectivity index (χ0) is 19.7. The van der Waals surface area contributed by atoms with Crippen LogP contribution in [0.25, 0.3) is 0 Å². The number of hydrogen-bond acceptors (Lipinski definition) is 4. The second kappa shape index (κ2) is 10.1. The number of guanidine groups is 1. The fourth-order valence-electron chi connectivity index (χ4n) is 2.21. The molecule has 0 unspecified atom stereocenters. The average molecular weight is 400 g/mol. The van der Waals surface area contributed by atoms with Crippen molar-refractivity contribution in [3.8, 4) is 5.75 Å². The van der Waals surface area contributed by atoms with Crippen LogP contribution in [-0.2, 0) is 12.6 Å². The minimum absolute atomic E-state index is 0.358. The van der Waals surface area contributed by atoms with Gasteiger partial charge in [0, 0.05) is 31.9 Å². The van der Waals surface area contributed by atoms with E-state index in [0.29, 0.717) is 43.6 Å². The summed E-state index contributed by atoms with van der Waals surface area (Å²) in [4.78, 5) is 10.0. The first-order valence-corrected chi connectivity index (χ1v) is 9.47. The van der Waals surface area contributed by atoms with E-state index in [1.807, 2.05) is 49.2 Å². The topological polar surface area (TPSA) is 49.8 Å². The molecule has 1 heterocycles. The summed E-state index contributed by atoms with van der Waals surface area (Å²) in [7, 11) is 1.89. The van der Waals surface area contributed by atoms with Crippen molar-refractivity contribution in [3.63, 3.8) is 0 Å². The third kappa shape index (κ3) is 7.09. The minimum Gasteiger partial charge on any atom is -0.492 e. The predicted octanol–water partition coefficient (Wildman–Crippen LogP) is 3.68. The van der Waals surface area contributed by atoms with Crippen LogP contribution < -0.4 is 10.1 Å². The second-order valence-corrected chi connectivity index (χ2v) is 6.64. The number of aliphatic imine (C=N–C) groups is 1. The van der Waals surface area contributed by atoms with Gasteiger partial charge < -0.3 is 15.0 Å². The Morgan fingerprint density at radius 1 is 1.30 bits per heavy atom. The van der Waals surface area contributed by atoms with Gasteiger partial charge in [-0.25, -0.2) is 4.98 Å². The quantitative estimate of drug-likeness (QED) is 0.543. The normalized spacial score (nSPS) is 12.1. The van der Waals surface area contributed by atoms with Crippen molar-refractivity contribution in [1.29, 1.82) is 0 Å². The fraction of sp³-hybridized carbons (Fsp3) is 0.444. The van der Waals surface area contributed by atoms with Gasteiger partial charge in [-0.15, -0.1) is 11.3 Å². The van der Waals surface area contributed by atoms with Crippen LogP contribution in [0.1, 0.15) is 17.6 Å². The lowest BCUT2D eigenvalue weighted by molar-refractivity contribution is -0.140. The Kier molecular flexibility index (Phi) is 7.90. The van der Waals surface area contributed by atoms with Crippen LogP contribution in [0.2, 0.25) is 0 Å². The molecule has 5 nitrogen and oxygen atoms in total. The van der Waals surface area contributed by atoms with E-state index in [4.69, 9.17) is 4.74 Å². The third-order valence-corrected chi connectivity index (χ3v) is 4.47. The fourth-order valence-corrected chi connectivity index (χ4v) is 3.00. The van der Waals surface area contributed by atoms with Crippen molar-refractivity contribution in [2.24, 2.45) is 4.99 Å². The highest BCUT2D eigenvalue weighted by Gasteiger charge is 2.33. The summed E-state index contributed by atoms with van der Waals surface area (Å²) in [6.45, 7) is 4.12. The van der Waals surface area contributed by atoms with Crippen LogP contribution in [0.15, 0.2) is 40.7 Å². The molecule has 0 amide bonds. The number of rotatable bonds is 8. The Labute approximate surface area is 160 Å². The third-order valence-electron chi connectivity index (χ3n) is 3.56. The van der Waals surface area contributed by atoms with E-state index >= 15 is 0 Å². The largest absolute Gasteiger partial charge is 0.492 e. The maximum absolute atomic E-state index is 12.6. The standard InChI is InChI=1S/C18H23F3N4OS/c1-3-22-17(25(2)11-12-26-14-7-5-4-6-8-14)23-10-9-16-24-15(13-27-16)18(19,20)21/h4-8,13H,3,9-12H2,1-2H3,(H,22,23). The maximum atomic E-state index is 12.6. The molecular formula is C18H23F3N4OS. The number of ether oxygens (including phenoxy) is 1. The Hall–Kier alpha value is -2.29. The Bertz CT molecular complexity index is 719. The molecule has 2 rings (SSSR count). The molecule has 1 aromatic carbocycles. The molecule has 0 bridgehead atoms. The first kappa shape index (κ1) is 21.0. The molecule has 1 aromatic heterocycles. The van der Waals surface area contributed by atoms with Crippen molar-refractivity contribution in [2.75, 3.05) is 33.3 Å². The number of nitrogens with one attached hydrogen (secondary N) is 1. The van der Waals surface area contributed by atoms with Gasteiger partial charge in [0.15, 0.2) is 11.7 Å². The van der Waals surface area contributed by atoms with E-state index in [1.165, 1.54) is 0 Å². The van der Waals surface area contributed by atoms with Crippen molar-refractivity contribution in [3.05, 3.63) is 46.4 Å². The molecule has 1 N–H and O–H groups in total. The Morgan fingerprint density at radius 2 is 2.04 bits per heavy atom. The van der Waals surface area contributed by atoms with Gasteiger partial charge in [-0.3, -0.25) is 4.99 Å². The number of aromatic nitrogens is 1. The first-order chi connectivity index (χ1) is 12.9. The highest BCUT2D eigenvalue weighted by atomic mass is 32.1. The number of alkyl halides is 3. The molecule has 0 aliphatic carbocycles. The summed E-state index contributed by atoms with van der Waals surface area (Å²) in [5, 5.41) is 4.64. The maximum Gasteiger partial charge on any atom is 0.434 e. The van der Waals surface area contributed by atoms with E-state index in [2.05, 4.69) is 15.3 Å². The predicted molar refractivity (Wildman–Crippen MR) is 101 cm³/mol. The molecule has 148 valence electrons. The van der Waals surface area contributed by atoms with Crippen molar-refractivity contribution in [2.45, 2.75) is 19.5 Å². The summed E-state index contributed by atoms with van der Waals surface area (Å²) < 4.78 is 43.4. The molecular weight excluding hydrogens is 377 g/mol. The number of likely N-dealkylation sites (N-methyl/N-ethyl adjacent to an activating group) is 1. The van der Waals surface area contributed by atoms with Crippen LogP contribution in [0.5, 0.6) is 5.75 Å². The number of para-hydroxylation sites is 1. The molecule has 0 fully saturated rings. The van der Waals surface area contributed by atoms with Gasteiger partial charge in [0.2, 0.25) is 0 Å². The van der Waals surface area contributed by atoms with Crippen LogP contribution in [0, 0.1) is 0 Å². The monoisotopic (exact) mass is 400 g/mol. The smallest absolute Gasteiger partial charge is 0.434 e. The Morgan fingerprint density at radius 3 is 2.67 bits per heavy atom. The van der Waals surface area contributed by atoms with Gasteiger partial charge >= 0.3 is 6.18 Å². The van der Waals surface area contributed by atoms with Gasteiger partial charge in [-0.1, -0.05) is 18.2 Å². The summed E-state index contributed by atoms with van der Waals surface area (Å²) in [5.41, 5.74) is -0.839. The number of halogens is 3. The highest BCUT2D eigenvalue weighted by Crippen LogP contribution is 2.30.